The van der Waals surface area contributed by atoms with Gasteiger partial charge in [-0.1, -0.05) is 62.8 Å². The molecule has 2 heteroatoms. The van der Waals surface area contributed by atoms with E-state index in [4.69, 9.17) is 0 Å². The Kier molecular flexibility index (Phi) is 7.24. The maximum Gasteiger partial charge on any atom is 0.255 e. The zero-order valence-electron chi connectivity index (χ0n) is 13.1. The standard InChI is InChI=1S/C19H25NO/c1-5-7-8-11-15(3)14-17(6-2)19(21)20-18-13-10-9-12-16(18)4/h6,9-10,12-14H,2-3,5,7-8,11H2,1,4H3,(H,20,21)/b17-14+. The Morgan fingerprint density at radius 2 is 2.00 bits per heavy atom. The van der Waals surface area contributed by atoms with Gasteiger partial charge in [0, 0.05) is 11.3 Å². The van der Waals surface area contributed by atoms with Crippen LogP contribution in [0.1, 0.15) is 38.2 Å². The van der Waals surface area contributed by atoms with Crippen LogP contribution in [0, 0.1) is 6.92 Å². The first kappa shape index (κ1) is 17.0. The van der Waals surface area contributed by atoms with Gasteiger partial charge in [0.15, 0.2) is 0 Å². The van der Waals surface area contributed by atoms with Crippen molar-refractivity contribution in [3.8, 4) is 0 Å². The van der Waals surface area contributed by atoms with Crippen LogP contribution in [0.5, 0.6) is 0 Å². The van der Waals surface area contributed by atoms with Crippen LogP contribution >= 0.6 is 0 Å². The first-order valence-electron chi connectivity index (χ1n) is 7.47. The normalized spacial score (nSPS) is 11.0. The minimum Gasteiger partial charge on any atom is -0.322 e. The summed E-state index contributed by atoms with van der Waals surface area (Å²) in [5, 5.41) is 2.91. The molecule has 1 aromatic rings. The van der Waals surface area contributed by atoms with E-state index in [1.807, 2.05) is 37.3 Å². The summed E-state index contributed by atoms with van der Waals surface area (Å²) < 4.78 is 0. The Bertz CT molecular complexity index is 540. The van der Waals surface area contributed by atoms with Crippen molar-refractivity contribution in [2.45, 2.75) is 39.5 Å². The number of aryl methyl sites for hydroxylation is 1. The Balaban J connectivity index is 2.71. The highest BCUT2D eigenvalue weighted by Crippen LogP contribution is 2.16. The summed E-state index contributed by atoms with van der Waals surface area (Å²) in [7, 11) is 0. The van der Waals surface area contributed by atoms with E-state index in [1.165, 1.54) is 12.8 Å². The average molecular weight is 283 g/mol. The second kappa shape index (κ2) is 8.96. The van der Waals surface area contributed by atoms with Crippen LogP contribution in [0.2, 0.25) is 0 Å². The highest BCUT2D eigenvalue weighted by Gasteiger charge is 2.08. The summed E-state index contributed by atoms with van der Waals surface area (Å²) in [4.78, 5) is 12.3. The second-order valence-electron chi connectivity index (χ2n) is 5.19. The summed E-state index contributed by atoms with van der Waals surface area (Å²) >= 11 is 0. The van der Waals surface area contributed by atoms with Gasteiger partial charge in [0.05, 0.1) is 0 Å². The summed E-state index contributed by atoms with van der Waals surface area (Å²) in [6.45, 7) is 11.9. The fraction of sp³-hybridized carbons (Fsp3) is 0.316. The molecule has 112 valence electrons. The van der Waals surface area contributed by atoms with Gasteiger partial charge in [0.1, 0.15) is 0 Å². The SMILES string of the molecule is C=C/C(=C\C(=C)CCCCC)C(=O)Nc1ccccc1C. The summed E-state index contributed by atoms with van der Waals surface area (Å²) in [6.07, 6.45) is 7.80. The topological polar surface area (TPSA) is 29.1 Å². The van der Waals surface area contributed by atoms with Crippen molar-refractivity contribution in [3.05, 3.63) is 66.3 Å². The lowest BCUT2D eigenvalue weighted by molar-refractivity contribution is -0.112. The van der Waals surface area contributed by atoms with E-state index in [1.54, 1.807) is 6.08 Å². The molecule has 0 atom stereocenters. The van der Waals surface area contributed by atoms with E-state index < -0.39 is 0 Å². The van der Waals surface area contributed by atoms with Crippen LogP contribution in [0.3, 0.4) is 0 Å². The number of nitrogens with one attached hydrogen (secondary N) is 1. The maximum atomic E-state index is 12.3. The number of rotatable bonds is 8. The number of carbonyl (C=O) groups excluding carboxylic acids is 1. The van der Waals surface area contributed by atoms with Gasteiger partial charge in [-0.2, -0.15) is 0 Å². The van der Waals surface area contributed by atoms with Gasteiger partial charge in [-0.05, 0) is 37.5 Å². The summed E-state index contributed by atoms with van der Waals surface area (Å²) in [5.41, 5.74) is 3.39. The van der Waals surface area contributed by atoms with E-state index in [9.17, 15) is 4.79 Å². The van der Waals surface area contributed by atoms with Crippen molar-refractivity contribution in [1.29, 1.82) is 0 Å². The molecule has 1 amide bonds. The number of allylic oxidation sites excluding steroid dienone is 2. The molecule has 2 nitrogen and oxygen atoms in total. The monoisotopic (exact) mass is 283 g/mol. The van der Waals surface area contributed by atoms with E-state index in [0.717, 1.165) is 29.7 Å². The van der Waals surface area contributed by atoms with Crippen molar-refractivity contribution < 1.29 is 4.79 Å². The molecule has 1 rings (SSSR count). The van der Waals surface area contributed by atoms with Gasteiger partial charge >= 0.3 is 0 Å². The number of anilines is 1. The third-order valence-electron chi connectivity index (χ3n) is 3.34. The highest BCUT2D eigenvalue weighted by atomic mass is 16.1. The molecule has 1 N–H and O–H groups in total. The van der Waals surface area contributed by atoms with Crippen LogP contribution in [0.4, 0.5) is 5.69 Å². The Labute approximate surface area is 128 Å². The molecule has 0 unspecified atom stereocenters. The van der Waals surface area contributed by atoms with Crippen molar-refractivity contribution >= 4 is 11.6 Å². The van der Waals surface area contributed by atoms with Crippen molar-refractivity contribution in [2.75, 3.05) is 5.32 Å². The smallest absolute Gasteiger partial charge is 0.255 e. The van der Waals surface area contributed by atoms with E-state index in [2.05, 4.69) is 25.4 Å². The van der Waals surface area contributed by atoms with Gasteiger partial charge in [-0.15, -0.1) is 0 Å². The molecule has 0 fully saturated rings. The zero-order valence-corrected chi connectivity index (χ0v) is 13.1. The predicted octanol–water partition coefficient (Wildman–Crippen LogP) is 5.18. The molecule has 0 radical (unpaired) electrons. The molecule has 0 aliphatic rings. The molecule has 0 saturated heterocycles. The fourth-order valence-corrected chi connectivity index (χ4v) is 2.02. The summed E-state index contributed by atoms with van der Waals surface area (Å²) in [5.74, 6) is -0.143. The van der Waals surface area contributed by atoms with Crippen molar-refractivity contribution in [3.63, 3.8) is 0 Å². The Morgan fingerprint density at radius 3 is 2.62 bits per heavy atom. The number of hydrogen-bond acceptors (Lipinski definition) is 1. The first-order valence-corrected chi connectivity index (χ1v) is 7.47. The quantitative estimate of drug-likeness (QED) is 0.397. The molecule has 1 aromatic carbocycles. The molecule has 0 aliphatic carbocycles. The lowest BCUT2D eigenvalue weighted by Crippen LogP contribution is -2.14. The molecule has 0 heterocycles. The van der Waals surface area contributed by atoms with Crippen molar-refractivity contribution in [2.24, 2.45) is 0 Å². The fourth-order valence-electron chi connectivity index (χ4n) is 2.02. The van der Waals surface area contributed by atoms with Gasteiger partial charge in [0.25, 0.3) is 5.91 Å². The molecular formula is C19H25NO. The van der Waals surface area contributed by atoms with Gasteiger partial charge in [-0.25, -0.2) is 0 Å². The minimum absolute atomic E-state index is 0.143. The number of amides is 1. The maximum absolute atomic E-state index is 12.3. The van der Waals surface area contributed by atoms with Crippen LogP contribution < -0.4 is 5.32 Å². The number of benzene rings is 1. The van der Waals surface area contributed by atoms with E-state index >= 15 is 0 Å². The molecule has 0 aliphatic heterocycles. The third kappa shape index (κ3) is 5.82. The summed E-state index contributed by atoms with van der Waals surface area (Å²) in [6, 6.07) is 7.72. The number of carbonyl (C=O) groups is 1. The molecule has 0 aromatic heterocycles. The molecular weight excluding hydrogens is 258 g/mol. The second-order valence-corrected chi connectivity index (χ2v) is 5.19. The minimum atomic E-state index is -0.143. The molecule has 21 heavy (non-hydrogen) atoms. The number of para-hydroxylation sites is 1. The Morgan fingerprint density at radius 1 is 1.29 bits per heavy atom. The number of hydrogen-bond donors (Lipinski definition) is 1. The van der Waals surface area contributed by atoms with Gasteiger partial charge in [-0.3, -0.25) is 4.79 Å². The van der Waals surface area contributed by atoms with Crippen LogP contribution in [0.25, 0.3) is 0 Å². The number of unbranched alkanes of at least 4 members (excludes halogenated alkanes) is 2. The first-order chi connectivity index (χ1) is 10.1. The van der Waals surface area contributed by atoms with E-state index in [0.29, 0.717) is 5.57 Å². The lowest BCUT2D eigenvalue weighted by Gasteiger charge is -2.09. The molecule has 0 saturated carbocycles. The largest absolute Gasteiger partial charge is 0.322 e. The molecule has 0 spiro atoms. The third-order valence-corrected chi connectivity index (χ3v) is 3.34. The van der Waals surface area contributed by atoms with Crippen molar-refractivity contribution in [1.82, 2.24) is 0 Å². The predicted molar refractivity (Wildman–Crippen MR) is 91.4 cm³/mol. The highest BCUT2D eigenvalue weighted by molar-refractivity contribution is 6.06. The molecule has 0 bridgehead atoms. The van der Waals surface area contributed by atoms with Crippen LogP contribution in [-0.4, -0.2) is 5.91 Å². The Hall–Kier alpha value is -2.09. The van der Waals surface area contributed by atoms with Gasteiger partial charge in [0.2, 0.25) is 0 Å². The van der Waals surface area contributed by atoms with Crippen LogP contribution in [-0.2, 0) is 4.79 Å². The van der Waals surface area contributed by atoms with Gasteiger partial charge < -0.3 is 5.32 Å². The van der Waals surface area contributed by atoms with Crippen LogP contribution in [0.15, 0.2) is 60.7 Å². The zero-order chi connectivity index (χ0) is 15.7. The lowest BCUT2D eigenvalue weighted by atomic mass is 10.1. The van der Waals surface area contributed by atoms with E-state index in [-0.39, 0.29) is 5.91 Å². The average Bonchev–Trinajstić information content (AvgIpc) is 2.47.